The second kappa shape index (κ2) is 7.51. The molecule has 0 aliphatic carbocycles. The molecule has 2 aromatic rings. The van der Waals surface area contributed by atoms with E-state index in [9.17, 15) is 12.8 Å². The summed E-state index contributed by atoms with van der Waals surface area (Å²) in [6, 6.07) is 13.6. The minimum atomic E-state index is -3.78. The molecule has 1 aliphatic rings. The molecule has 5 nitrogen and oxygen atoms in total. The summed E-state index contributed by atoms with van der Waals surface area (Å²) in [4.78, 5) is 2.09. The average Bonchev–Trinajstić information content (AvgIpc) is 2.63. The quantitative estimate of drug-likeness (QED) is 0.817. The fourth-order valence-electron chi connectivity index (χ4n) is 2.96. The fourth-order valence-corrected chi connectivity index (χ4v) is 4.55. The van der Waals surface area contributed by atoms with Crippen molar-refractivity contribution in [1.82, 2.24) is 9.21 Å². The minimum absolute atomic E-state index is 0.119. The number of ether oxygens (including phenoxy) is 1. The maximum Gasteiger partial charge on any atom is 0.246 e. The lowest BCUT2D eigenvalue weighted by Gasteiger charge is -2.34. The van der Waals surface area contributed by atoms with Crippen LogP contribution in [-0.2, 0) is 16.6 Å². The van der Waals surface area contributed by atoms with Crippen molar-refractivity contribution in [2.45, 2.75) is 11.4 Å². The van der Waals surface area contributed by atoms with Crippen LogP contribution in [0.2, 0.25) is 0 Å². The third kappa shape index (κ3) is 4.00. The van der Waals surface area contributed by atoms with Gasteiger partial charge < -0.3 is 4.74 Å². The van der Waals surface area contributed by atoms with Crippen LogP contribution in [0, 0.1) is 5.82 Å². The van der Waals surface area contributed by atoms with Crippen LogP contribution >= 0.6 is 0 Å². The van der Waals surface area contributed by atoms with Gasteiger partial charge in [0.25, 0.3) is 0 Å². The molecular weight excluding hydrogens is 343 g/mol. The van der Waals surface area contributed by atoms with E-state index in [4.69, 9.17) is 4.74 Å². The number of benzene rings is 2. The standard InChI is InChI=1S/C18H21FN2O3S/c1-24-17-8-7-16(19)13-18(17)25(22,23)21-11-9-20(10-12-21)14-15-5-3-2-4-6-15/h2-8,13H,9-12,14H2,1H3. The molecule has 0 atom stereocenters. The molecule has 25 heavy (non-hydrogen) atoms. The maximum atomic E-state index is 13.5. The van der Waals surface area contributed by atoms with Crippen LogP contribution in [0.4, 0.5) is 4.39 Å². The van der Waals surface area contributed by atoms with Crippen LogP contribution in [-0.4, -0.2) is 50.9 Å². The molecule has 0 spiro atoms. The number of methoxy groups -OCH3 is 1. The Balaban J connectivity index is 1.71. The Morgan fingerprint density at radius 2 is 1.72 bits per heavy atom. The number of hydrogen-bond donors (Lipinski definition) is 0. The zero-order chi connectivity index (χ0) is 17.9. The van der Waals surface area contributed by atoms with Gasteiger partial charge in [-0.25, -0.2) is 12.8 Å². The largest absolute Gasteiger partial charge is 0.495 e. The Morgan fingerprint density at radius 1 is 1.04 bits per heavy atom. The minimum Gasteiger partial charge on any atom is -0.495 e. The Labute approximate surface area is 147 Å². The average molecular weight is 364 g/mol. The summed E-state index contributed by atoms with van der Waals surface area (Å²) < 4.78 is 45.7. The maximum absolute atomic E-state index is 13.5. The molecular formula is C18H21FN2O3S. The monoisotopic (exact) mass is 364 g/mol. The van der Waals surface area contributed by atoms with Crippen molar-refractivity contribution < 1.29 is 17.5 Å². The summed E-state index contributed by atoms with van der Waals surface area (Å²) >= 11 is 0. The van der Waals surface area contributed by atoms with Gasteiger partial charge in [0.1, 0.15) is 16.5 Å². The van der Waals surface area contributed by atoms with Crippen molar-refractivity contribution in [1.29, 1.82) is 0 Å². The second-order valence-electron chi connectivity index (χ2n) is 5.96. The molecule has 1 aliphatic heterocycles. The van der Waals surface area contributed by atoms with Crippen LogP contribution in [0.3, 0.4) is 0 Å². The molecule has 0 radical (unpaired) electrons. The van der Waals surface area contributed by atoms with E-state index in [1.54, 1.807) is 0 Å². The molecule has 0 N–H and O–H groups in total. The molecule has 0 aromatic heterocycles. The highest BCUT2D eigenvalue weighted by Crippen LogP contribution is 2.28. The van der Waals surface area contributed by atoms with Gasteiger partial charge in [-0.3, -0.25) is 4.90 Å². The van der Waals surface area contributed by atoms with Gasteiger partial charge in [-0.1, -0.05) is 30.3 Å². The third-order valence-corrected chi connectivity index (χ3v) is 6.24. The van der Waals surface area contributed by atoms with Crippen LogP contribution in [0.15, 0.2) is 53.4 Å². The predicted octanol–water partition coefficient (Wildman–Crippen LogP) is 2.34. The van der Waals surface area contributed by atoms with Crippen LogP contribution in [0.5, 0.6) is 5.75 Å². The molecule has 0 saturated carbocycles. The van der Waals surface area contributed by atoms with Crippen molar-refractivity contribution in [3.05, 3.63) is 59.9 Å². The van der Waals surface area contributed by atoms with Gasteiger partial charge in [0.05, 0.1) is 7.11 Å². The van der Waals surface area contributed by atoms with Crippen molar-refractivity contribution >= 4 is 10.0 Å². The highest BCUT2D eigenvalue weighted by Gasteiger charge is 2.31. The van der Waals surface area contributed by atoms with Gasteiger partial charge in [-0.05, 0) is 23.8 Å². The number of piperazine rings is 1. The van der Waals surface area contributed by atoms with Gasteiger partial charge in [0, 0.05) is 32.7 Å². The summed E-state index contributed by atoms with van der Waals surface area (Å²) in [5.41, 5.74) is 1.20. The number of halogens is 1. The van der Waals surface area contributed by atoms with E-state index >= 15 is 0 Å². The normalized spacial score (nSPS) is 16.7. The second-order valence-corrected chi connectivity index (χ2v) is 7.87. The lowest BCUT2D eigenvalue weighted by molar-refractivity contribution is 0.181. The Bertz CT molecular complexity index is 819. The topological polar surface area (TPSA) is 49.9 Å². The summed E-state index contributed by atoms with van der Waals surface area (Å²) in [7, 11) is -2.40. The van der Waals surface area contributed by atoms with E-state index in [0.717, 1.165) is 12.6 Å². The number of sulfonamides is 1. The molecule has 2 aromatic carbocycles. The van der Waals surface area contributed by atoms with Gasteiger partial charge in [-0.15, -0.1) is 0 Å². The zero-order valence-electron chi connectivity index (χ0n) is 14.1. The molecule has 7 heteroatoms. The van der Waals surface area contributed by atoms with E-state index in [2.05, 4.69) is 17.0 Å². The zero-order valence-corrected chi connectivity index (χ0v) is 14.9. The lowest BCUT2D eigenvalue weighted by Crippen LogP contribution is -2.48. The summed E-state index contributed by atoms with van der Waals surface area (Å²) in [6.07, 6.45) is 0. The summed E-state index contributed by atoms with van der Waals surface area (Å²) in [6.45, 7) is 2.79. The summed E-state index contributed by atoms with van der Waals surface area (Å²) in [5, 5.41) is 0. The van der Waals surface area contributed by atoms with E-state index in [1.165, 1.54) is 29.1 Å². The summed E-state index contributed by atoms with van der Waals surface area (Å²) in [5.74, 6) is -0.435. The molecule has 134 valence electrons. The first-order valence-electron chi connectivity index (χ1n) is 8.10. The number of rotatable bonds is 5. The van der Waals surface area contributed by atoms with Crippen LogP contribution < -0.4 is 4.74 Å². The molecule has 0 unspecified atom stereocenters. The highest BCUT2D eigenvalue weighted by molar-refractivity contribution is 7.89. The Hall–Kier alpha value is -1.96. The molecule has 0 amide bonds. The van der Waals surface area contributed by atoms with Crippen molar-refractivity contribution in [2.24, 2.45) is 0 Å². The lowest BCUT2D eigenvalue weighted by atomic mass is 10.2. The highest BCUT2D eigenvalue weighted by atomic mass is 32.2. The molecule has 0 bridgehead atoms. The van der Waals surface area contributed by atoms with Gasteiger partial charge in [0.15, 0.2) is 0 Å². The van der Waals surface area contributed by atoms with Crippen LogP contribution in [0.25, 0.3) is 0 Å². The Morgan fingerprint density at radius 3 is 2.36 bits per heavy atom. The van der Waals surface area contributed by atoms with E-state index in [-0.39, 0.29) is 10.6 Å². The van der Waals surface area contributed by atoms with Crippen molar-refractivity contribution in [3.8, 4) is 5.75 Å². The van der Waals surface area contributed by atoms with E-state index < -0.39 is 15.8 Å². The van der Waals surface area contributed by atoms with Gasteiger partial charge >= 0.3 is 0 Å². The third-order valence-electron chi connectivity index (χ3n) is 4.32. The number of hydrogen-bond acceptors (Lipinski definition) is 4. The van der Waals surface area contributed by atoms with Gasteiger partial charge in [0.2, 0.25) is 10.0 Å². The van der Waals surface area contributed by atoms with E-state index in [1.807, 2.05) is 18.2 Å². The van der Waals surface area contributed by atoms with Crippen molar-refractivity contribution in [3.63, 3.8) is 0 Å². The molecule has 1 fully saturated rings. The first kappa shape index (κ1) is 17.8. The fraction of sp³-hybridized carbons (Fsp3) is 0.333. The van der Waals surface area contributed by atoms with Crippen LogP contribution in [0.1, 0.15) is 5.56 Å². The first-order chi connectivity index (χ1) is 12.0. The molecule has 1 saturated heterocycles. The SMILES string of the molecule is COc1ccc(F)cc1S(=O)(=O)N1CCN(Cc2ccccc2)CC1. The molecule has 3 rings (SSSR count). The predicted molar refractivity (Wildman–Crippen MR) is 93.4 cm³/mol. The van der Waals surface area contributed by atoms with Crippen molar-refractivity contribution in [2.75, 3.05) is 33.3 Å². The van der Waals surface area contributed by atoms with Gasteiger partial charge in [-0.2, -0.15) is 4.31 Å². The number of nitrogens with zero attached hydrogens (tertiary/aromatic N) is 2. The van der Waals surface area contributed by atoms with E-state index in [0.29, 0.717) is 26.2 Å². The Kier molecular flexibility index (Phi) is 5.36. The first-order valence-corrected chi connectivity index (χ1v) is 9.54. The smallest absolute Gasteiger partial charge is 0.246 e. The molecule has 1 heterocycles.